The van der Waals surface area contributed by atoms with Crippen LogP contribution in [0.3, 0.4) is 0 Å². The molecule has 19 heavy (non-hydrogen) atoms. The van der Waals surface area contributed by atoms with E-state index in [-0.39, 0.29) is 6.04 Å². The van der Waals surface area contributed by atoms with E-state index in [1.165, 1.54) is 0 Å². The first-order valence-electron chi connectivity index (χ1n) is 6.32. The van der Waals surface area contributed by atoms with Gasteiger partial charge in [-0.25, -0.2) is 0 Å². The molecule has 1 aromatic carbocycles. The molecule has 0 saturated heterocycles. The fourth-order valence-electron chi connectivity index (χ4n) is 2.00. The van der Waals surface area contributed by atoms with Crippen molar-refractivity contribution in [3.05, 3.63) is 59.0 Å². The van der Waals surface area contributed by atoms with Gasteiger partial charge in [-0.3, -0.25) is 4.90 Å². The van der Waals surface area contributed by atoms with Gasteiger partial charge in [-0.2, -0.15) is 0 Å². The van der Waals surface area contributed by atoms with Gasteiger partial charge in [-0.1, -0.05) is 29.8 Å². The zero-order chi connectivity index (χ0) is 13.7. The van der Waals surface area contributed by atoms with Gasteiger partial charge in [0.15, 0.2) is 0 Å². The molecular weight excluding hydrogens is 260 g/mol. The Kier molecular flexibility index (Phi) is 5.02. The van der Waals surface area contributed by atoms with Crippen molar-refractivity contribution in [1.82, 2.24) is 10.2 Å². The summed E-state index contributed by atoms with van der Waals surface area (Å²) >= 11 is 6.13. The van der Waals surface area contributed by atoms with Crippen molar-refractivity contribution < 1.29 is 4.42 Å². The minimum atomic E-state index is 0.220. The number of rotatable bonds is 6. The van der Waals surface area contributed by atoms with Crippen LogP contribution in [-0.2, 0) is 6.54 Å². The highest BCUT2D eigenvalue weighted by atomic mass is 35.5. The van der Waals surface area contributed by atoms with Crippen molar-refractivity contribution in [2.24, 2.45) is 0 Å². The first kappa shape index (κ1) is 14.1. The molecule has 3 nitrogen and oxygen atoms in total. The molecule has 1 heterocycles. The van der Waals surface area contributed by atoms with Crippen LogP contribution in [0.15, 0.2) is 47.1 Å². The summed E-state index contributed by atoms with van der Waals surface area (Å²) in [6.07, 6.45) is 1.71. The zero-order valence-corrected chi connectivity index (χ0v) is 12.0. The van der Waals surface area contributed by atoms with Crippen LogP contribution in [0.2, 0.25) is 5.02 Å². The smallest absolute Gasteiger partial charge is 0.122 e. The molecule has 1 aromatic heterocycles. The lowest BCUT2D eigenvalue weighted by atomic mass is 10.2. The van der Waals surface area contributed by atoms with Crippen molar-refractivity contribution in [2.75, 3.05) is 20.6 Å². The highest BCUT2D eigenvalue weighted by molar-refractivity contribution is 6.31. The van der Waals surface area contributed by atoms with Crippen LogP contribution in [0.4, 0.5) is 0 Å². The van der Waals surface area contributed by atoms with Gasteiger partial charge >= 0.3 is 0 Å². The summed E-state index contributed by atoms with van der Waals surface area (Å²) in [5, 5.41) is 4.23. The SMILES string of the molecule is CN(C)C(CNCc1ccccc1Cl)c1ccco1. The van der Waals surface area contributed by atoms with E-state index in [1.807, 2.05) is 50.5 Å². The number of nitrogens with zero attached hydrogens (tertiary/aromatic N) is 1. The molecule has 0 amide bonds. The van der Waals surface area contributed by atoms with Crippen LogP contribution in [0.25, 0.3) is 0 Å². The van der Waals surface area contributed by atoms with Crippen LogP contribution < -0.4 is 5.32 Å². The highest BCUT2D eigenvalue weighted by Crippen LogP contribution is 2.18. The topological polar surface area (TPSA) is 28.4 Å². The second kappa shape index (κ2) is 6.75. The van der Waals surface area contributed by atoms with Crippen molar-refractivity contribution in [3.63, 3.8) is 0 Å². The van der Waals surface area contributed by atoms with Gasteiger partial charge in [-0.05, 0) is 37.9 Å². The first-order chi connectivity index (χ1) is 9.18. The predicted molar refractivity (Wildman–Crippen MR) is 78.3 cm³/mol. The fraction of sp³-hybridized carbons (Fsp3) is 0.333. The molecule has 0 aliphatic heterocycles. The van der Waals surface area contributed by atoms with Gasteiger partial charge in [0.2, 0.25) is 0 Å². The van der Waals surface area contributed by atoms with Crippen LogP contribution in [0.5, 0.6) is 0 Å². The molecule has 0 bridgehead atoms. The molecule has 0 fully saturated rings. The number of hydrogen-bond acceptors (Lipinski definition) is 3. The molecule has 1 unspecified atom stereocenters. The zero-order valence-electron chi connectivity index (χ0n) is 11.3. The van der Waals surface area contributed by atoms with Crippen LogP contribution in [0, 0.1) is 0 Å². The van der Waals surface area contributed by atoms with Gasteiger partial charge < -0.3 is 9.73 Å². The van der Waals surface area contributed by atoms with Gasteiger partial charge in [-0.15, -0.1) is 0 Å². The third-order valence-electron chi connectivity index (χ3n) is 3.11. The monoisotopic (exact) mass is 278 g/mol. The average Bonchev–Trinajstić information content (AvgIpc) is 2.89. The van der Waals surface area contributed by atoms with Crippen molar-refractivity contribution in [2.45, 2.75) is 12.6 Å². The predicted octanol–water partition coefficient (Wildman–Crippen LogP) is 3.33. The standard InChI is InChI=1S/C15H19ClN2O/c1-18(2)14(15-8-5-9-19-15)11-17-10-12-6-3-4-7-13(12)16/h3-9,14,17H,10-11H2,1-2H3. The van der Waals surface area contributed by atoms with Gasteiger partial charge in [0.1, 0.15) is 5.76 Å². The van der Waals surface area contributed by atoms with E-state index in [0.717, 1.165) is 29.4 Å². The van der Waals surface area contributed by atoms with Crippen molar-refractivity contribution in [1.29, 1.82) is 0 Å². The van der Waals surface area contributed by atoms with Crippen LogP contribution >= 0.6 is 11.6 Å². The van der Waals surface area contributed by atoms with Gasteiger partial charge in [0.05, 0.1) is 12.3 Å². The Morgan fingerprint density at radius 3 is 2.63 bits per heavy atom. The third-order valence-corrected chi connectivity index (χ3v) is 3.47. The van der Waals surface area contributed by atoms with E-state index in [1.54, 1.807) is 6.26 Å². The quantitative estimate of drug-likeness (QED) is 0.879. The molecule has 4 heteroatoms. The summed E-state index contributed by atoms with van der Waals surface area (Å²) in [5.41, 5.74) is 1.11. The molecule has 2 rings (SSSR count). The first-order valence-corrected chi connectivity index (χ1v) is 6.70. The van der Waals surface area contributed by atoms with E-state index >= 15 is 0 Å². The Balaban J connectivity index is 1.92. The number of likely N-dealkylation sites (N-methyl/N-ethyl adjacent to an activating group) is 1. The maximum absolute atomic E-state index is 6.13. The molecule has 0 spiro atoms. The summed E-state index contributed by atoms with van der Waals surface area (Å²) in [6, 6.07) is 12.0. The molecule has 1 atom stereocenters. The third kappa shape index (κ3) is 3.83. The average molecular weight is 279 g/mol. The summed E-state index contributed by atoms with van der Waals surface area (Å²) < 4.78 is 5.48. The summed E-state index contributed by atoms with van der Waals surface area (Å²) in [6.45, 7) is 1.57. The fourth-order valence-corrected chi connectivity index (χ4v) is 2.21. The summed E-state index contributed by atoms with van der Waals surface area (Å²) in [7, 11) is 4.09. The van der Waals surface area contributed by atoms with Crippen molar-refractivity contribution >= 4 is 11.6 Å². The summed E-state index contributed by atoms with van der Waals surface area (Å²) in [5.74, 6) is 0.969. The number of nitrogens with one attached hydrogen (secondary N) is 1. The second-order valence-electron chi connectivity index (χ2n) is 4.72. The molecule has 2 aromatic rings. The Hall–Kier alpha value is -1.29. The van der Waals surface area contributed by atoms with E-state index < -0.39 is 0 Å². The van der Waals surface area contributed by atoms with Crippen LogP contribution in [0.1, 0.15) is 17.4 Å². The maximum atomic E-state index is 6.13. The number of halogens is 1. The lowest BCUT2D eigenvalue weighted by Gasteiger charge is -2.22. The summed E-state index contributed by atoms with van der Waals surface area (Å²) in [4.78, 5) is 2.14. The maximum Gasteiger partial charge on any atom is 0.122 e. The minimum absolute atomic E-state index is 0.220. The Morgan fingerprint density at radius 1 is 1.21 bits per heavy atom. The molecule has 102 valence electrons. The molecule has 0 saturated carbocycles. The van der Waals surface area contributed by atoms with Crippen molar-refractivity contribution in [3.8, 4) is 0 Å². The largest absolute Gasteiger partial charge is 0.468 e. The van der Waals surface area contributed by atoms with Gasteiger partial charge in [0, 0.05) is 18.1 Å². The molecule has 0 aliphatic rings. The lowest BCUT2D eigenvalue weighted by molar-refractivity contribution is 0.250. The number of furan rings is 1. The molecule has 0 aliphatic carbocycles. The Morgan fingerprint density at radius 2 is 2.00 bits per heavy atom. The van der Waals surface area contributed by atoms with E-state index in [2.05, 4.69) is 10.2 Å². The molecular formula is C15H19ClN2O. The molecule has 1 N–H and O–H groups in total. The number of hydrogen-bond donors (Lipinski definition) is 1. The number of benzene rings is 1. The van der Waals surface area contributed by atoms with Gasteiger partial charge in [0.25, 0.3) is 0 Å². The van der Waals surface area contributed by atoms with E-state index in [0.29, 0.717) is 0 Å². The van der Waals surface area contributed by atoms with Crippen LogP contribution in [-0.4, -0.2) is 25.5 Å². The van der Waals surface area contributed by atoms with E-state index in [4.69, 9.17) is 16.0 Å². The van der Waals surface area contributed by atoms with E-state index in [9.17, 15) is 0 Å². The minimum Gasteiger partial charge on any atom is -0.468 e. The molecule has 0 radical (unpaired) electrons. The Bertz CT molecular complexity index is 497. The Labute approximate surface area is 119 Å². The lowest BCUT2D eigenvalue weighted by Crippen LogP contribution is -2.30. The second-order valence-corrected chi connectivity index (χ2v) is 5.12. The normalized spacial score (nSPS) is 12.8. The highest BCUT2D eigenvalue weighted by Gasteiger charge is 2.16.